The van der Waals surface area contributed by atoms with E-state index in [9.17, 15) is 19.1 Å². The molecule has 2 N–H and O–H groups in total. The van der Waals surface area contributed by atoms with Crippen LogP contribution in [0.2, 0.25) is 0 Å². The molecule has 1 saturated heterocycles. The molecule has 0 aromatic heterocycles. The van der Waals surface area contributed by atoms with Crippen LogP contribution in [-0.2, 0) is 9.59 Å². The Morgan fingerprint density at radius 3 is 2.74 bits per heavy atom. The normalized spacial score (nSPS) is 17.3. The fraction of sp³-hybridized carbons (Fsp3) is 0.176. The van der Waals surface area contributed by atoms with E-state index < -0.39 is 11.7 Å². The SMILES string of the molecule is O=C(Nc1cccc(O)c1)[C@@H]1CC(=O)N(c2ccccc2F)C1. The standard InChI is InChI=1S/C17H15FN2O3/c18-14-6-1-2-7-15(14)20-10-11(8-16(20)22)17(23)19-12-4-3-5-13(21)9-12/h1-7,9,11,21H,8,10H2,(H,19,23)/t11-/m1/s1. The number of aromatic hydroxyl groups is 1. The number of anilines is 2. The average molecular weight is 314 g/mol. The minimum atomic E-state index is -0.565. The molecular weight excluding hydrogens is 299 g/mol. The first-order chi connectivity index (χ1) is 11.0. The number of amides is 2. The van der Waals surface area contributed by atoms with E-state index in [4.69, 9.17) is 0 Å². The van der Waals surface area contributed by atoms with Crippen molar-refractivity contribution in [3.8, 4) is 5.75 Å². The molecule has 1 fully saturated rings. The van der Waals surface area contributed by atoms with Crippen molar-refractivity contribution in [2.45, 2.75) is 6.42 Å². The quantitative estimate of drug-likeness (QED) is 0.914. The minimum Gasteiger partial charge on any atom is -0.508 e. The van der Waals surface area contributed by atoms with Crippen LogP contribution in [0.1, 0.15) is 6.42 Å². The summed E-state index contributed by atoms with van der Waals surface area (Å²) in [5.41, 5.74) is 0.636. The minimum absolute atomic E-state index is 0.0268. The van der Waals surface area contributed by atoms with E-state index >= 15 is 0 Å². The van der Waals surface area contributed by atoms with Crippen molar-refractivity contribution in [3.05, 3.63) is 54.3 Å². The first kappa shape index (κ1) is 15.0. The van der Waals surface area contributed by atoms with Gasteiger partial charge < -0.3 is 15.3 Å². The number of rotatable bonds is 3. The summed E-state index contributed by atoms with van der Waals surface area (Å²) in [7, 11) is 0. The molecule has 0 aliphatic carbocycles. The maximum absolute atomic E-state index is 13.8. The molecule has 23 heavy (non-hydrogen) atoms. The Morgan fingerprint density at radius 2 is 2.00 bits per heavy atom. The molecule has 2 aromatic rings. The number of hydrogen-bond acceptors (Lipinski definition) is 3. The number of nitrogens with one attached hydrogen (secondary N) is 1. The lowest BCUT2D eigenvalue weighted by Gasteiger charge is -2.17. The summed E-state index contributed by atoms with van der Waals surface area (Å²) in [6, 6.07) is 12.2. The second-order valence-corrected chi connectivity index (χ2v) is 5.40. The van der Waals surface area contributed by atoms with Crippen molar-refractivity contribution < 1.29 is 19.1 Å². The summed E-state index contributed by atoms with van der Waals surface area (Å²) < 4.78 is 13.8. The van der Waals surface area contributed by atoms with E-state index in [0.29, 0.717) is 5.69 Å². The third kappa shape index (κ3) is 3.15. The Balaban J connectivity index is 1.72. The third-order valence-electron chi connectivity index (χ3n) is 3.75. The summed E-state index contributed by atoms with van der Waals surface area (Å²) in [6.07, 6.45) is 0.0268. The van der Waals surface area contributed by atoms with Crippen molar-refractivity contribution in [1.82, 2.24) is 0 Å². The second kappa shape index (κ2) is 6.08. The van der Waals surface area contributed by atoms with E-state index in [2.05, 4.69) is 5.32 Å². The van der Waals surface area contributed by atoms with Gasteiger partial charge in [-0.1, -0.05) is 18.2 Å². The van der Waals surface area contributed by atoms with Gasteiger partial charge in [-0.15, -0.1) is 0 Å². The molecule has 0 saturated carbocycles. The number of carbonyl (C=O) groups excluding carboxylic acids is 2. The monoisotopic (exact) mass is 314 g/mol. The first-order valence-corrected chi connectivity index (χ1v) is 7.19. The molecule has 0 unspecified atom stereocenters. The highest BCUT2D eigenvalue weighted by Crippen LogP contribution is 2.28. The van der Waals surface area contributed by atoms with Gasteiger partial charge in [-0.2, -0.15) is 0 Å². The molecule has 1 heterocycles. The van der Waals surface area contributed by atoms with Crippen molar-refractivity contribution in [2.24, 2.45) is 5.92 Å². The predicted octanol–water partition coefficient (Wildman–Crippen LogP) is 2.52. The molecular formula is C17H15FN2O3. The van der Waals surface area contributed by atoms with Crippen LogP contribution in [0.4, 0.5) is 15.8 Å². The van der Waals surface area contributed by atoms with Crippen LogP contribution >= 0.6 is 0 Å². The van der Waals surface area contributed by atoms with Gasteiger partial charge in [0, 0.05) is 24.7 Å². The van der Waals surface area contributed by atoms with Gasteiger partial charge in [0.1, 0.15) is 11.6 Å². The summed E-state index contributed by atoms with van der Waals surface area (Å²) in [5, 5.41) is 12.1. The van der Waals surface area contributed by atoms with Crippen LogP contribution in [-0.4, -0.2) is 23.5 Å². The number of nitrogens with zero attached hydrogens (tertiary/aromatic N) is 1. The summed E-state index contributed by atoms with van der Waals surface area (Å²) >= 11 is 0. The lowest BCUT2D eigenvalue weighted by Crippen LogP contribution is -2.28. The summed E-state index contributed by atoms with van der Waals surface area (Å²) in [5.74, 6) is -1.63. The average Bonchev–Trinajstić information content (AvgIpc) is 2.90. The molecule has 6 heteroatoms. The topological polar surface area (TPSA) is 69.6 Å². The van der Waals surface area contributed by atoms with Gasteiger partial charge in [0.25, 0.3) is 0 Å². The Bertz CT molecular complexity index is 763. The maximum atomic E-state index is 13.8. The Kier molecular flexibility index (Phi) is 3.97. The fourth-order valence-electron chi connectivity index (χ4n) is 2.61. The largest absolute Gasteiger partial charge is 0.508 e. The van der Waals surface area contributed by atoms with Crippen LogP contribution in [0.15, 0.2) is 48.5 Å². The number of halogens is 1. The van der Waals surface area contributed by atoms with Crippen LogP contribution in [0.5, 0.6) is 5.75 Å². The smallest absolute Gasteiger partial charge is 0.229 e. The zero-order valence-corrected chi connectivity index (χ0v) is 12.2. The van der Waals surface area contributed by atoms with Crippen molar-refractivity contribution >= 4 is 23.2 Å². The van der Waals surface area contributed by atoms with Crippen LogP contribution in [0.3, 0.4) is 0 Å². The molecule has 2 aromatic carbocycles. The number of para-hydroxylation sites is 1. The third-order valence-corrected chi connectivity index (χ3v) is 3.75. The van der Waals surface area contributed by atoms with Gasteiger partial charge in [0.05, 0.1) is 11.6 Å². The van der Waals surface area contributed by atoms with Gasteiger partial charge in [-0.25, -0.2) is 4.39 Å². The highest BCUT2D eigenvalue weighted by molar-refractivity contribution is 6.03. The highest BCUT2D eigenvalue weighted by atomic mass is 19.1. The molecule has 2 amide bonds. The fourth-order valence-corrected chi connectivity index (χ4v) is 2.61. The molecule has 0 spiro atoms. The zero-order valence-electron chi connectivity index (χ0n) is 12.2. The molecule has 0 bridgehead atoms. The Morgan fingerprint density at radius 1 is 1.22 bits per heavy atom. The van der Waals surface area contributed by atoms with Crippen molar-refractivity contribution in [3.63, 3.8) is 0 Å². The second-order valence-electron chi connectivity index (χ2n) is 5.40. The Labute approximate surface area is 132 Å². The number of phenolic OH excluding ortho intramolecular Hbond substituents is 1. The molecule has 1 aliphatic rings. The highest BCUT2D eigenvalue weighted by Gasteiger charge is 2.36. The summed E-state index contributed by atoms with van der Waals surface area (Å²) in [4.78, 5) is 25.6. The number of carbonyl (C=O) groups is 2. The number of hydrogen-bond donors (Lipinski definition) is 2. The van der Waals surface area contributed by atoms with E-state index in [-0.39, 0.29) is 36.2 Å². The molecule has 118 valence electrons. The van der Waals surface area contributed by atoms with Gasteiger partial charge in [0.2, 0.25) is 11.8 Å². The lowest BCUT2D eigenvalue weighted by molar-refractivity contribution is -0.122. The van der Waals surface area contributed by atoms with Crippen molar-refractivity contribution in [2.75, 3.05) is 16.8 Å². The molecule has 5 nitrogen and oxygen atoms in total. The van der Waals surface area contributed by atoms with E-state index in [1.54, 1.807) is 24.3 Å². The van der Waals surface area contributed by atoms with Crippen LogP contribution in [0, 0.1) is 11.7 Å². The number of phenols is 1. The molecule has 0 radical (unpaired) electrons. The molecule has 1 aliphatic heterocycles. The van der Waals surface area contributed by atoms with Gasteiger partial charge in [0.15, 0.2) is 0 Å². The van der Waals surface area contributed by atoms with E-state index in [1.807, 2.05) is 0 Å². The Hall–Kier alpha value is -2.89. The molecule has 3 rings (SSSR count). The van der Waals surface area contributed by atoms with Crippen molar-refractivity contribution in [1.29, 1.82) is 0 Å². The zero-order chi connectivity index (χ0) is 16.4. The maximum Gasteiger partial charge on any atom is 0.229 e. The van der Waals surface area contributed by atoms with Gasteiger partial charge >= 0.3 is 0 Å². The van der Waals surface area contributed by atoms with Crippen LogP contribution in [0.25, 0.3) is 0 Å². The first-order valence-electron chi connectivity index (χ1n) is 7.19. The summed E-state index contributed by atoms with van der Waals surface area (Å²) in [6.45, 7) is 0.129. The van der Waals surface area contributed by atoms with Gasteiger partial charge in [-0.3, -0.25) is 9.59 Å². The lowest BCUT2D eigenvalue weighted by atomic mass is 10.1. The van der Waals surface area contributed by atoms with Crippen LogP contribution < -0.4 is 10.2 Å². The van der Waals surface area contributed by atoms with E-state index in [1.165, 1.54) is 29.2 Å². The predicted molar refractivity (Wildman–Crippen MR) is 83.6 cm³/mol. The molecule has 1 atom stereocenters. The number of benzene rings is 2. The van der Waals surface area contributed by atoms with Gasteiger partial charge in [-0.05, 0) is 24.3 Å². The van der Waals surface area contributed by atoms with E-state index in [0.717, 1.165) is 0 Å².